The normalized spacial score (nSPS) is 28.7. The van der Waals surface area contributed by atoms with Crippen LogP contribution in [0.3, 0.4) is 0 Å². The molecule has 1 N–H and O–H groups in total. The van der Waals surface area contributed by atoms with E-state index in [9.17, 15) is 0 Å². The van der Waals surface area contributed by atoms with Gasteiger partial charge in [-0.1, -0.05) is 24.3 Å². The molecule has 1 aromatic rings. The summed E-state index contributed by atoms with van der Waals surface area (Å²) >= 11 is 0. The fourth-order valence-electron chi connectivity index (χ4n) is 3.22. The number of benzene rings is 1. The van der Waals surface area contributed by atoms with E-state index in [0.29, 0.717) is 6.04 Å². The van der Waals surface area contributed by atoms with Gasteiger partial charge in [-0.05, 0) is 43.5 Å². The number of likely N-dealkylation sites (tertiary alicyclic amines) is 1. The highest BCUT2D eigenvalue weighted by atomic mass is 16.5. The second-order valence-corrected chi connectivity index (χ2v) is 5.92. The highest BCUT2D eigenvalue weighted by Crippen LogP contribution is 2.27. The molecule has 0 saturated carbocycles. The maximum absolute atomic E-state index is 5.53. The molecule has 0 radical (unpaired) electrons. The molecular weight excluding hydrogens is 236 g/mol. The number of nitrogens with one attached hydrogen (secondary N) is 1. The molecule has 3 nitrogen and oxygen atoms in total. The van der Waals surface area contributed by atoms with E-state index in [2.05, 4.69) is 41.5 Å². The molecule has 3 heteroatoms. The van der Waals surface area contributed by atoms with Gasteiger partial charge in [0, 0.05) is 19.1 Å². The minimum Gasteiger partial charge on any atom is -0.379 e. The summed E-state index contributed by atoms with van der Waals surface area (Å²) in [6.07, 6.45) is 2.38. The Labute approximate surface area is 115 Å². The quantitative estimate of drug-likeness (QED) is 0.894. The summed E-state index contributed by atoms with van der Waals surface area (Å²) in [5.74, 6) is 0.723. The summed E-state index contributed by atoms with van der Waals surface area (Å²) in [7, 11) is 2.22. The van der Waals surface area contributed by atoms with Crippen LogP contribution in [0.4, 0.5) is 0 Å². The third kappa shape index (κ3) is 3.35. The van der Waals surface area contributed by atoms with Crippen molar-refractivity contribution in [2.75, 3.05) is 39.9 Å². The van der Waals surface area contributed by atoms with Gasteiger partial charge in [0.2, 0.25) is 0 Å². The summed E-state index contributed by atoms with van der Waals surface area (Å²) in [5, 5.41) is 3.53. The Kier molecular flexibility index (Phi) is 4.16. The van der Waals surface area contributed by atoms with Crippen molar-refractivity contribution in [2.45, 2.75) is 24.8 Å². The van der Waals surface area contributed by atoms with Gasteiger partial charge in [0.25, 0.3) is 0 Å². The summed E-state index contributed by atoms with van der Waals surface area (Å²) < 4.78 is 5.53. The third-order valence-electron chi connectivity index (χ3n) is 4.29. The number of morpholine rings is 1. The van der Waals surface area contributed by atoms with Crippen molar-refractivity contribution in [2.24, 2.45) is 0 Å². The number of hydrogen-bond acceptors (Lipinski definition) is 3. The molecule has 2 saturated heterocycles. The van der Waals surface area contributed by atoms with E-state index in [-0.39, 0.29) is 0 Å². The van der Waals surface area contributed by atoms with Crippen LogP contribution in [0, 0.1) is 0 Å². The van der Waals surface area contributed by atoms with Gasteiger partial charge in [-0.25, -0.2) is 0 Å². The second-order valence-electron chi connectivity index (χ2n) is 5.92. The molecule has 0 aliphatic carbocycles. The number of likely N-dealkylation sites (N-methyl/N-ethyl adjacent to an activating group) is 1. The van der Waals surface area contributed by atoms with E-state index in [4.69, 9.17) is 4.74 Å². The summed E-state index contributed by atoms with van der Waals surface area (Å²) in [5.41, 5.74) is 2.95. The largest absolute Gasteiger partial charge is 0.379 e. The molecule has 2 aliphatic rings. The lowest BCUT2D eigenvalue weighted by molar-refractivity contribution is 0.0770. The smallest absolute Gasteiger partial charge is 0.0623 e. The second kappa shape index (κ2) is 6.04. The molecule has 1 aromatic carbocycles. The van der Waals surface area contributed by atoms with Crippen molar-refractivity contribution >= 4 is 0 Å². The Morgan fingerprint density at radius 3 is 3.11 bits per heavy atom. The predicted molar refractivity (Wildman–Crippen MR) is 77.6 cm³/mol. The number of hydrogen-bond donors (Lipinski definition) is 1. The molecule has 2 fully saturated rings. The molecule has 2 atom stereocenters. The van der Waals surface area contributed by atoms with Gasteiger partial charge in [-0.3, -0.25) is 0 Å². The van der Waals surface area contributed by atoms with Crippen molar-refractivity contribution in [3.63, 3.8) is 0 Å². The van der Waals surface area contributed by atoms with E-state index in [1.54, 1.807) is 0 Å². The van der Waals surface area contributed by atoms with Crippen LogP contribution in [0.5, 0.6) is 0 Å². The van der Waals surface area contributed by atoms with Gasteiger partial charge in [-0.15, -0.1) is 0 Å². The number of rotatable bonds is 3. The van der Waals surface area contributed by atoms with E-state index in [1.165, 1.54) is 30.6 Å². The highest BCUT2D eigenvalue weighted by Gasteiger charge is 2.21. The maximum atomic E-state index is 5.53. The predicted octanol–water partition coefficient (Wildman–Crippen LogP) is 1.64. The zero-order chi connectivity index (χ0) is 13.1. The van der Waals surface area contributed by atoms with Gasteiger partial charge in [0.05, 0.1) is 13.2 Å². The van der Waals surface area contributed by atoms with Gasteiger partial charge in [0.15, 0.2) is 0 Å². The van der Waals surface area contributed by atoms with Crippen molar-refractivity contribution in [3.05, 3.63) is 35.4 Å². The molecule has 2 unspecified atom stereocenters. The van der Waals surface area contributed by atoms with E-state index < -0.39 is 0 Å². The van der Waals surface area contributed by atoms with Crippen LogP contribution in [-0.2, 0) is 11.2 Å². The molecule has 19 heavy (non-hydrogen) atoms. The van der Waals surface area contributed by atoms with Crippen molar-refractivity contribution in [1.29, 1.82) is 0 Å². The minimum atomic E-state index is 0.482. The Bertz CT molecular complexity index is 415. The average Bonchev–Trinajstić information content (AvgIpc) is 2.87. The van der Waals surface area contributed by atoms with E-state index in [0.717, 1.165) is 32.1 Å². The number of nitrogens with zero attached hydrogens (tertiary/aromatic N) is 1. The van der Waals surface area contributed by atoms with Crippen molar-refractivity contribution in [1.82, 2.24) is 10.2 Å². The number of ether oxygens (including phenoxy) is 1. The van der Waals surface area contributed by atoms with Gasteiger partial charge in [-0.2, -0.15) is 0 Å². The van der Waals surface area contributed by atoms with Gasteiger partial charge >= 0.3 is 0 Å². The molecule has 0 bridgehead atoms. The van der Waals surface area contributed by atoms with Crippen molar-refractivity contribution < 1.29 is 4.74 Å². The van der Waals surface area contributed by atoms with Crippen LogP contribution in [-0.4, -0.2) is 50.8 Å². The lowest BCUT2D eigenvalue weighted by Crippen LogP contribution is -2.42. The molecule has 2 aliphatic heterocycles. The summed E-state index contributed by atoms with van der Waals surface area (Å²) in [4.78, 5) is 2.42. The maximum Gasteiger partial charge on any atom is 0.0623 e. The first-order chi connectivity index (χ1) is 9.31. The monoisotopic (exact) mass is 260 g/mol. The van der Waals surface area contributed by atoms with Crippen LogP contribution in [0.1, 0.15) is 23.5 Å². The first kappa shape index (κ1) is 13.1. The Morgan fingerprint density at radius 1 is 1.42 bits per heavy atom. The van der Waals surface area contributed by atoms with Gasteiger partial charge in [0.1, 0.15) is 0 Å². The third-order valence-corrected chi connectivity index (χ3v) is 4.29. The van der Waals surface area contributed by atoms with Gasteiger partial charge < -0.3 is 15.0 Å². The van der Waals surface area contributed by atoms with Crippen LogP contribution in [0.15, 0.2) is 24.3 Å². The molecule has 0 amide bonds. The SMILES string of the molecule is CN1CCC(c2cccc(CC3COCCN3)c2)C1. The Hall–Kier alpha value is -0.900. The lowest BCUT2D eigenvalue weighted by atomic mass is 9.94. The van der Waals surface area contributed by atoms with Crippen LogP contribution in [0.2, 0.25) is 0 Å². The molecule has 2 heterocycles. The molecular formula is C16H24N2O. The molecule has 3 rings (SSSR count). The van der Waals surface area contributed by atoms with Crippen LogP contribution >= 0.6 is 0 Å². The van der Waals surface area contributed by atoms with Crippen LogP contribution in [0.25, 0.3) is 0 Å². The average molecular weight is 260 g/mol. The van der Waals surface area contributed by atoms with E-state index >= 15 is 0 Å². The zero-order valence-electron chi connectivity index (χ0n) is 11.8. The summed E-state index contributed by atoms with van der Waals surface area (Å²) in [6, 6.07) is 9.64. The topological polar surface area (TPSA) is 24.5 Å². The first-order valence-electron chi connectivity index (χ1n) is 7.40. The van der Waals surface area contributed by atoms with Crippen LogP contribution < -0.4 is 5.32 Å². The molecule has 0 aromatic heterocycles. The first-order valence-corrected chi connectivity index (χ1v) is 7.40. The standard InChI is InChI=1S/C16H24N2O/c1-18-7-5-15(11-18)14-4-2-3-13(9-14)10-16-12-19-8-6-17-16/h2-4,9,15-17H,5-8,10-12H2,1H3. The minimum absolute atomic E-state index is 0.482. The fourth-order valence-corrected chi connectivity index (χ4v) is 3.22. The Balaban J connectivity index is 1.65. The van der Waals surface area contributed by atoms with E-state index in [1.807, 2.05) is 0 Å². The fraction of sp³-hybridized carbons (Fsp3) is 0.625. The van der Waals surface area contributed by atoms with Crippen molar-refractivity contribution in [3.8, 4) is 0 Å². The molecule has 0 spiro atoms. The molecule has 104 valence electrons. The highest BCUT2D eigenvalue weighted by molar-refractivity contribution is 5.28. The zero-order valence-corrected chi connectivity index (χ0v) is 11.8. The summed E-state index contributed by atoms with van der Waals surface area (Å²) in [6.45, 7) is 5.11. The lowest BCUT2D eigenvalue weighted by Gasteiger charge is -2.24. The Morgan fingerprint density at radius 2 is 2.37 bits per heavy atom.